The van der Waals surface area contributed by atoms with Crippen molar-refractivity contribution in [1.82, 2.24) is 5.32 Å². The first kappa shape index (κ1) is 22.7. The second-order valence-corrected chi connectivity index (χ2v) is 9.12. The molecule has 7 nitrogen and oxygen atoms in total. The molecule has 7 heteroatoms. The molecule has 0 saturated carbocycles. The Kier molecular flexibility index (Phi) is 7.48. The molecular weight excluding hydrogens is 338 g/mol. The molecule has 0 radical (unpaired) electrons. The average Bonchev–Trinajstić information content (AvgIpc) is 2.31. The Bertz CT molecular complexity index is 489. The molecule has 1 amide bonds. The number of carbonyl (C=O) groups excluding carboxylic acids is 2. The van der Waals surface area contributed by atoms with Crippen LogP contribution in [0.15, 0.2) is 0 Å². The fourth-order valence-corrected chi connectivity index (χ4v) is 2.74. The highest BCUT2D eigenvalue weighted by atomic mass is 16.7. The molecule has 1 rings (SSSR count). The summed E-state index contributed by atoms with van der Waals surface area (Å²) in [5.41, 5.74) is -1.05. The Balaban J connectivity index is 2.49. The Morgan fingerprint density at radius 3 is 2.08 bits per heavy atom. The predicted molar refractivity (Wildman–Crippen MR) is 97.8 cm³/mol. The van der Waals surface area contributed by atoms with E-state index in [9.17, 15) is 9.59 Å². The molecule has 0 aromatic rings. The van der Waals surface area contributed by atoms with Crippen LogP contribution in [0, 0.1) is 0 Å². The number of alkyl carbamates (subject to hydrolysis) is 1. The lowest BCUT2D eigenvalue weighted by Crippen LogP contribution is -2.46. The number of rotatable bonds is 5. The highest BCUT2D eigenvalue weighted by molar-refractivity contribution is 5.70. The van der Waals surface area contributed by atoms with E-state index in [2.05, 4.69) is 5.32 Å². The van der Waals surface area contributed by atoms with E-state index < -0.39 is 23.1 Å². The fraction of sp³-hybridized carbons (Fsp3) is 0.895. The van der Waals surface area contributed by atoms with E-state index in [4.69, 9.17) is 18.9 Å². The number of nitrogens with one attached hydrogen (secondary N) is 1. The van der Waals surface area contributed by atoms with Crippen LogP contribution in [0.25, 0.3) is 0 Å². The Morgan fingerprint density at radius 1 is 1.00 bits per heavy atom. The minimum Gasteiger partial charge on any atom is -0.460 e. The van der Waals surface area contributed by atoms with E-state index in [1.807, 2.05) is 55.4 Å². The summed E-state index contributed by atoms with van der Waals surface area (Å²) in [6.07, 6.45) is 0.505. The van der Waals surface area contributed by atoms with Gasteiger partial charge >= 0.3 is 12.1 Å². The van der Waals surface area contributed by atoms with Crippen LogP contribution >= 0.6 is 0 Å². The third kappa shape index (κ3) is 9.97. The highest BCUT2D eigenvalue weighted by Crippen LogP contribution is 2.30. The van der Waals surface area contributed by atoms with Gasteiger partial charge in [-0.15, -0.1) is 0 Å². The molecule has 152 valence electrons. The molecule has 0 unspecified atom stereocenters. The van der Waals surface area contributed by atoms with Crippen molar-refractivity contribution >= 4 is 12.1 Å². The number of hydrogen-bond acceptors (Lipinski definition) is 6. The molecule has 0 aromatic carbocycles. The van der Waals surface area contributed by atoms with Crippen molar-refractivity contribution in [3.8, 4) is 0 Å². The van der Waals surface area contributed by atoms with E-state index >= 15 is 0 Å². The molecule has 1 heterocycles. The summed E-state index contributed by atoms with van der Waals surface area (Å²) in [7, 11) is 0. The van der Waals surface area contributed by atoms with Crippen molar-refractivity contribution < 1.29 is 28.5 Å². The van der Waals surface area contributed by atoms with Crippen LogP contribution in [-0.4, -0.2) is 47.8 Å². The van der Waals surface area contributed by atoms with Crippen LogP contribution in [0.2, 0.25) is 0 Å². The summed E-state index contributed by atoms with van der Waals surface area (Å²) in [6, 6.07) is 0. The molecule has 0 aromatic heterocycles. The second kappa shape index (κ2) is 8.57. The summed E-state index contributed by atoms with van der Waals surface area (Å²) in [4.78, 5) is 23.8. The Morgan fingerprint density at radius 2 is 1.54 bits per heavy atom. The van der Waals surface area contributed by atoms with Crippen LogP contribution in [0.5, 0.6) is 0 Å². The van der Waals surface area contributed by atoms with Crippen LogP contribution in [0.3, 0.4) is 0 Å². The number of esters is 1. The molecular formula is C19H35NO6. The topological polar surface area (TPSA) is 83.1 Å². The van der Waals surface area contributed by atoms with Crippen molar-refractivity contribution in [3.63, 3.8) is 0 Å². The lowest BCUT2D eigenvalue weighted by Gasteiger charge is -2.40. The summed E-state index contributed by atoms with van der Waals surface area (Å²) < 4.78 is 22.3. The van der Waals surface area contributed by atoms with Crippen LogP contribution in [-0.2, 0) is 23.7 Å². The summed E-state index contributed by atoms with van der Waals surface area (Å²) in [6.45, 7) is 15.0. The summed E-state index contributed by atoms with van der Waals surface area (Å²) in [5, 5.41) is 2.73. The van der Waals surface area contributed by atoms with Crippen LogP contribution in [0.1, 0.15) is 74.7 Å². The predicted octanol–water partition coefficient (Wildman–Crippen LogP) is 3.54. The zero-order valence-corrected chi connectivity index (χ0v) is 17.4. The molecule has 1 N–H and O–H groups in total. The van der Waals surface area contributed by atoms with Gasteiger partial charge in [0.2, 0.25) is 0 Å². The lowest BCUT2D eigenvalue weighted by atomic mass is 10.0. The maximum absolute atomic E-state index is 12.1. The number of carbonyl (C=O) groups is 2. The number of ether oxygens (including phenoxy) is 4. The maximum atomic E-state index is 12.1. The second-order valence-electron chi connectivity index (χ2n) is 9.12. The lowest BCUT2D eigenvalue weighted by molar-refractivity contribution is -0.300. The van der Waals surface area contributed by atoms with E-state index in [-0.39, 0.29) is 24.6 Å². The largest absolute Gasteiger partial charge is 0.460 e. The van der Waals surface area contributed by atoms with Crippen molar-refractivity contribution in [2.24, 2.45) is 0 Å². The molecule has 26 heavy (non-hydrogen) atoms. The molecule has 1 aliphatic heterocycles. The van der Waals surface area contributed by atoms with Gasteiger partial charge in [0, 0.05) is 13.0 Å². The quantitative estimate of drug-likeness (QED) is 0.742. The van der Waals surface area contributed by atoms with Gasteiger partial charge in [-0.05, 0) is 61.8 Å². The van der Waals surface area contributed by atoms with Gasteiger partial charge in [0.1, 0.15) is 11.2 Å². The third-order valence-corrected chi connectivity index (χ3v) is 3.38. The fourth-order valence-electron chi connectivity index (χ4n) is 2.74. The zero-order valence-electron chi connectivity index (χ0n) is 17.4. The maximum Gasteiger partial charge on any atom is 0.407 e. The first-order chi connectivity index (χ1) is 11.7. The highest BCUT2D eigenvalue weighted by Gasteiger charge is 2.37. The van der Waals surface area contributed by atoms with Crippen molar-refractivity contribution in [2.75, 3.05) is 6.54 Å². The first-order valence-corrected chi connectivity index (χ1v) is 9.19. The number of hydrogen-bond donors (Lipinski definition) is 1. The minimum absolute atomic E-state index is 0.124. The van der Waals surface area contributed by atoms with Gasteiger partial charge in [0.25, 0.3) is 0 Å². The Labute approximate surface area is 157 Å². The van der Waals surface area contributed by atoms with Gasteiger partial charge in [0.05, 0.1) is 18.6 Å². The van der Waals surface area contributed by atoms with Gasteiger partial charge in [0.15, 0.2) is 5.79 Å². The van der Waals surface area contributed by atoms with Gasteiger partial charge in [-0.25, -0.2) is 4.79 Å². The molecule has 1 saturated heterocycles. The van der Waals surface area contributed by atoms with Gasteiger partial charge in [-0.1, -0.05) is 0 Å². The zero-order chi connectivity index (χ0) is 20.2. The van der Waals surface area contributed by atoms with E-state index in [1.165, 1.54) is 0 Å². The standard InChI is InChI=1S/C19H35NO6/c1-17(2,3)25-15(21)12-14-11-13(23-19(7,8)24-14)9-10-20-16(22)26-18(4,5)6/h13-14H,9-12H2,1-8H3,(H,20,22)/t13-,14-/m1/s1. The number of amides is 1. The first-order valence-electron chi connectivity index (χ1n) is 9.19. The molecule has 1 fully saturated rings. The van der Waals surface area contributed by atoms with Crippen molar-refractivity contribution in [1.29, 1.82) is 0 Å². The Hall–Kier alpha value is -1.34. The molecule has 2 atom stereocenters. The van der Waals surface area contributed by atoms with E-state index in [0.29, 0.717) is 19.4 Å². The molecule has 0 bridgehead atoms. The van der Waals surface area contributed by atoms with Gasteiger partial charge in [-0.3, -0.25) is 4.79 Å². The van der Waals surface area contributed by atoms with Gasteiger partial charge in [-0.2, -0.15) is 0 Å². The summed E-state index contributed by atoms with van der Waals surface area (Å²) >= 11 is 0. The monoisotopic (exact) mass is 373 g/mol. The van der Waals surface area contributed by atoms with E-state index in [0.717, 1.165) is 0 Å². The van der Waals surface area contributed by atoms with Crippen LogP contribution < -0.4 is 5.32 Å². The van der Waals surface area contributed by atoms with Crippen molar-refractivity contribution in [3.05, 3.63) is 0 Å². The molecule has 1 aliphatic rings. The average molecular weight is 373 g/mol. The molecule has 0 aliphatic carbocycles. The summed E-state index contributed by atoms with van der Waals surface area (Å²) in [5.74, 6) is -1.08. The SMILES string of the molecule is CC(C)(C)OC(=O)C[C@H]1C[C@@H](CCNC(=O)OC(C)(C)C)OC(C)(C)O1. The van der Waals surface area contributed by atoms with Crippen LogP contribution in [0.4, 0.5) is 4.79 Å². The third-order valence-electron chi connectivity index (χ3n) is 3.38. The smallest absolute Gasteiger partial charge is 0.407 e. The molecule has 0 spiro atoms. The minimum atomic E-state index is -0.790. The van der Waals surface area contributed by atoms with Crippen molar-refractivity contribution in [2.45, 2.75) is 104 Å². The van der Waals surface area contributed by atoms with Gasteiger partial charge < -0.3 is 24.3 Å². The van der Waals surface area contributed by atoms with E-state index in [1.54, 1.807) is 0 Å². The normalized spacial score (nSPS) is 23.2.